The van der Waals surface area contributed by atoms with Crippen LogP contribution in [0, 0.1) is 0 Å². The Hall–Kier alpha value is -1.42. The highest BCUT2D eigenvalue weighted by Crippen LogP contribution is 2.33. The van der Waals surface area contributed by atoms with E-state index in [4.69, 9.17) is 5.73 Å². The van der Waals surface area contributed by atoms with Gasteiger partial charge in [-0.2, -0.15) is 0 Å². The zero-order chi connectivity index (χ0) is 11.1. The van der Waals surface area contributed by atoms with Crippen LogP contribution >= 0.6 is 0 Å². The Morgan fingerprint density at radius 1 is 1.44 bits per heavy atom. The maximum atomic E-state index is 5.95. The fourth-order valence-electron chi connectivity index (χ4n) is 2.66. The van der Waals surface area contributed by atoms with Crippen molar-refractivity contribution in [3.8, 4) is 0 Å². The highest BCUT2D eigenvalue weighted by atomic mass is 15.1. The normalized spacial score (nSPS) is 25.4. The highest BCUT2D eigenvalue weighted by molar-refractivity contribution is 5.71. The van der Waals surface area contributed by atoms with Gasteiger partial charge in [0.2, 0.25) is 0 Å². The fourth-order valence-corrected chi connectivity index (χ4v) is 2.66. The molecule has 0 bridgehead atoms. The van der Waals surface area contributed by atoms with Gasteiger partial charge in [-0.1, -0.05) is 0 Å². The third-order valence-corrected chi connectivity index (χ3v) is 3.50. The Kier molecular flexibility index (Phi) is 2.17. The molecule has 1 saturated carbocycles. The van der Waals surface area contributed by atoms with E-state index in [0.717, 1.165) is 36.3 Å². The molecule has 1 fully saturated rings. The van der Waals surface area contributed by atoms with Gasteiger partial charge in [-0.15, -0.1) is 0 Å². The molecule has 2 atom stereocenters. The zero-order valence-electron chi connectivity index (χ0n) is 9.43. The second kappa shape index (κ2) is 3.56. The SMILES string of the molecule is Cn1c([C@@H]2CC[C@H](N)C2)nc2cccnc21. The number of hydrogen-bond acceptors (Lipinski definition) is 3. The summed E-state index contributed by atoms with van der Waals surface area (Å²) in [5, 5.41) is 0. The van der Waals surface area contributed by atoms with E-state index in [-0.39, 0.29) is 0 Å². The highest BCUT2D eigenvalue weighted by Gasteiger charge is 2.27. The first-order valence-electron chi connectivity index (χ1n) is 5.78. The van der Waals surface area contributed by atoms with Gasteiger partial charge in [-0.3, -0.25) is 0 Å². The lowest BCUT2D eigenvalue weighted by Crippen LogP contribution is -2.15. The Morgan fingerprint density at radius 2 is 2.31 bits per heavy atom. The van der Waals surface area contributed by atoms with E-state index in [1.807, 2.05) is 25.4 Å². The van der Waals surface area contributed by atoms with Crippen molar-refractivity contribution in [2.24, 2.45) is 12.8 Å². The first kappa shape index (κ1) is 9.78. The first-order chi connectivity index (χ1) is 7.75. The minimum Gasteiger partial charge on any atom is -0.328 e. The molecule has 2 aromatic heterocycles. The predicted molar refractivity (Wildman–Crippen MR) is 63.1 cm³/mol. The second-order valence-electron chi connectivity index (χ2n) is 4.65. The number of pyridine rings is 1. The lowest BCUT2D eigenvalue weighted by molar-refractivity contribution is 0.620. The molecular formula is C12H16N4. The third kappa shape index (κ3) is 1.41. The third-order valence-electron chi connectivity index (χ3n) is 3.50. The molecule has 0 aliphatic heterocycles. The van der Waals surface area contributed by atoms with Crippen molar-refractivity contribution in [1.82, 2.24) is 14.5 Å². The van der Waals surface area contributed by atoms with Gasteiger partial charge in [-0.25, -0.2) is 9.97 Å². The van der Waals surface area contributed by atoms with Gasteiger partial charge < -0.3 is 10.3 Å². The number of aryl methyl sites for hydroxylation is 1. The van der Waals surface area contributed by atoms with E-state index in [1.165, 1.54) is 0 Å². The Labute approximate surface area is 94.5 Å². The molecule has 1 aliphatic carbocycles. The summed E-state index contributed by atoms with van der Waals surface area (Å²) >= 11 is 0. The predicted octanol–water partition coefficient (Wildman–Crippen LogP) is 1.56. The van der Waals surface area contributed by atoms with Crippen LogP contribution in [0.2, 0.25) is 0 Å². The molecule has 4 heteroatoms. The zero-order valence-corrected chi connectivity index (χ0v) is 9.43. The van der Waals surface area contributed by atoms with E-state index in [2.05, 4.69) is 14.5 Å². The molecule has 16 heavy (non-hydrogen) atoms. The van der Waals surface area contributed by atoms with E-state index in [0.29, 0.717) is 12.0 Å². The van der Waals surface area contributed by atoms with Gasteiger partial charge in [0.05, 0.1) is 0 Å². The minimum atomic E-state index is 0.345. The standard InChI is InChI=1S/C12H16N4/c1-16-11(8-4-5-9(13)7-8)15-10-3-2-6-14-12(10)16/h2-3,6,8-9H,4-5,7,13H2,1H3/t8-,9+/m1/s1. The van der Waals surface area contributed by atoms with Crippen molar-refractivity contribution in [3.05, 3.63) is 24.2 Å². The summed E-state index contributed by atoms with van der Waals surface area (Å²) in [7, 11) is 2.04. The van der Waals surface area contributed by atoms with Gasteiger partial charge in [0.1, 0.15) is 11.3 Å². The molecule has 3 rings (SSSR count). The van der Waals surface area contributed by atoms with E-state index < -0.39 is 0 Å². The van der Waals surface area contributed by atoms with Crippen molar-refractivity contribution in [3.63, 3.8) is 0 Å². The molecule has 0 radical (unpaired) electrons. The summed E-state index contributed by atoms with van der Waals surface area (Å²) in [4.78, 5) is 9.03. The summed E-state index contributed by atoms with van der Waals surface area (Å²) in [6, 6.07) is 4.29. The maximum absolute atomic E-state index is 5.95. The number of rotatable bonds is 1. The molecule has 0 amide bonds. The molecule has 0 spiro atoms. The molecule has 1 aliphatic rings. The smallest absolute Gasteiger partial charge is 0.159 e. The number of aromatic nitrogens is 3. The number of nitrogens with zero attached hydrogens (tertiary/aromatic N) is 3. The van der Waals surface area contributed by atoms with Crippen molar-refractivity contribution in [2.45, 2.75) is 31.2 Å². The van der Waals surface area contributed by atoms with Crippen LogP contribution in [0.25, 0.3) is 11.2 Å². The van der Waals surface area contributed by atoms with Crippen LogP contribution in [0.1, 0.15) is 31.0 Å². The second-order valence-corrected chi connectivity index (χ2v) is 4.65. The quantitative estimate of drug-likeness (QED) is 0.787. The Bertz CT molecular complexity index is 517. The van der Waals surface area contributed by atoms with Gasteiger partial charge in [0, 0.05) is 25.2 Å². The molecule has 0 saturated heterocycles. The van der Waals surface area contributed by atoms with Gasteiger partial charge in [0.15, 0.2) is 5.65 Å². The molecule has 4 nitrogen and oxygen atoms in total. The molecule has 2 heterocycles. The van der Waals surface area contributed by atoms with E-state index >= 15 is 0 Å². The van der Waals surface area contributed by atoms with E-state index in [1.54, 1.807) is 0 Å². The van der Waals surface area contributed by atoms with Gasteiger partial charge in [0.25, 0.3) is 0 Å². The van der Waals surface area contributed by atoms with Crippen molar-refractivity contribution >= 4 is 11.2 Å². The summed E-state index contributed by atoms with van der Waals surface area (Å²) in [5.74, 6) is 1.65. The number of imidazole rings is 1. The van der Waals surface area contributed by atoms with Crippen LogP contribution in [0.3, 0.4) is 0 Å². The average molecular weight is 216 g/mol. The van der Waals surface area contributed by atoms with Crippen LogP contribution in [-0.4, -0.2) is 20.6 Å². The largest absolute Gasteiger partial charge is 0.328 e. The summed E-state index contributed by atoms with van der Waals surface area (Å²) < 4.78 is 2.11. The Morgan fingerprint density at radius 3 is 3.00 bits per heavy atom. The lowest BCUT2D eigenvalue weighted by Gasteiger charge is -2.08. The average Bonchev–Trinajstić information content (AvgIpc) is 2.84. The minimum absolute atomic E-state index is 0.345. The molecular weight excluding hydrogens is 200 g/mol. The summed E-state index contributed by atoms with van der Waals surface area (Å²) in [5.41, 5.74) is 7.91. The number of nitrogens with two attached hydrogens (primary N) is 1. The maximum Gasteiger partial charge on any atom is 0.159 e. The first-order valence-corrected chi connectivity index (χ1v) is 5.78. The van der Waals surface area contributed by atoms with Crippen molar-refractivity contribution in [1.29, 1.82) is 0 Å². The monoisotopic (exact) mass is 216 g/mol. The van der Waals surface area contributed by atoms with E-state index in [9.17, 15) is 0 Å². The summed E-state index contributed by atoms with van der Waals surface area (Å²) in [6.07, 6.45) is 5.13. The number of fused-ring (bicyclic) bond motifs is 1. The topological polar surface area (TPSA) is 56.7 Å². The Balaban J connectivity index is 2.07. The lowest BCUT2D eigenvalue weighted by atomic mass is 10.1. The van der Waals surface area contributed by atoms with Crippen molar-refractivity contribution < 1.29 is 0 Å². The van der Waals surface area contributed by atoms with Crippen LogP contribution in [0.4, 0.5) is 0 Å². The molecule has 0 unspecified atom stereocenters. The molecule has 2 aromatic rings. The fraction of sp³-hybridized carbons (Fsp3) is 0.500. The molecule has 84 valence electrons. The van der Waals surface area contributed by atoms with Crippen LogP contribution in [0.15, 0.2) is 18.3 Å². The van der Waals surface area contributed by atoms with Crippen LogP contribution in [0.5, 0.6) is 0 Å². The van der Waals surface area contributed by atoms with Crippen molar-refractivity contribution in [2.75, 3.05) is 0 Å². The van der Waals surface area contributed by atoms with Gasteiger partial charge >= 0.3 is 0 Å². The number of hydrogen-bond donors (Lipinski definition) is 1. The van der Waals surface area contributed by atoms with Crippen LogP contribution < -0.4 is 5.73 Å². The van der Waals surface area contributed by atoms with Gasteiger partial charge in [-0.05, 0) is 31.4 Å². The molecule has 0 aromatic carbocycles. The summed E-state index contributed by atoms with van der Waals surface area (Å²) in [6.45, 7) is 0. The molecule has 2 N–H and O–H groups in total. The van der Waals surface area contributed by atoms with Crippen LogP contribution in [-0.2, 0) is 7.05 Å².